The summed E-state index contributed by atoms with van der Waals surface area (Å²) in [5.74, 6) is -0.339. The topological polar surface area (TPSA) is 64.2 Å². The molecular weight excluding hydrogens is 440 g/mol. The second-order valence-corrected chi connectivity index (χ2v) is 9.97. The van der Waals surface area contributed by atoms with Crippen LogP contribution >= 0.6 is 0 Å². The summed E-state index contributed by atoms with van der Waals surface area (Å²) in [6, 6.07) is 20.7. The normalized spacial score (nSPS) is 20.8. The van der Waals surface area contributed by atoms with E-state index in [1.54, 1.807) is 16.8 Å². The largest absolute Gasteiger partial charge is 0.339 e. The zero-order valence-electron chi connectivity index (χ0n) is 20.4. The molecule has 0 radical (unpaired) electrons. The van der Waals surface area contributed by atoms with Gasteiger partial charge in [0, 0.05) is 33.2 Å². The molecule has 2 aliphatic heterocycles. The van der Waals surface area contributed by atoms with E-state index < -0.39 is 5.54 Å². The molecule has 5 rings (SSSR count). The number of carbonyl (C=O) groups excluding carboxylic acids is 3. The van der Waals surface area contributed by atoms with Gasteiger partial charge in [-0.2, -0.15) is 0 Å². The maximum Gasteiger partial charge on any atom is 0.327 e. The van der Waals surface area contributed by atoms with Crippen LogP contribution in [0, 0.1) is 0 Å². The van der Waals surface area contributed by atoms with E-state index in [1.807, 2.05) is 12.1 Å². The van der Waals surface area contributed by atoms with E-state index in [-0.39, 0.29) is 30.4 Å². The Morgan fingerprint density at radius 3 is 1.91 bits per heavy atom. The zero-order valence-corrected chi connectivity index (χ0v) is 20.4. The highest BCUT2D eigenvalue weighted by Crippen LogP contribution is 2.39. The molecule has 3 aliphatic rings. The van der Waals surface area contributed by atoms with Gasteiger partial charge in [0.05, 0.1) is 6.04 Å². The third-order valence-electron chi connectivity index (χ3n) is 8.04. The van der Waals surface area contributed by atoms with Gasteiger partial charge in [0.2, 0.25) is 5.91 Å². The van der Waals surface area contributed by atoms with Gasteiger partial charge in [-0.25, -0.2) is 4.79 Å². The van der Waals surface area contributed by atoms with Crippen LogP contribution in [-0.2, 0) is 9.59 Å². The summed E-state index contributed by atoms with van der Waals surface area (Å²) in [4.78, 5) is 46.3. The number of rotatable bonds is 5. The van der Waals surface area contributed by atoms with Crippen LogP contribution in [0.5, 0.6) is 0 Å². The molecule has 2 saturated heterocycles. The molecule has 184 valence electrons. The van der Waals surface area contributed by atoms with Gasteiger partial charge in [0.25, 0.3) is 5.91 Å². The molecule has 1 aliphatic carbocycles. The van der Waals surface area contributed by atoms with Crippen LogP contribution in [0.2, 0.25) is 0 Å². The monoisotopic (exact) mass is 474 g/mol. The molecule has 2 aromatic rings. The van der Waals surface area contributed by atoms with E-state index in [0.717, 1.165) is 32.4 Å². The lowest BCUT2D eigenvalue weighted by Gasteiger charge is -2.40. The average Bonchev–Trinajstić information content (AvgIpc) is 3.07. The van der Waals surface area contributed by atoms with Crippen LogP contribution < -0.4 is 0 Å². The number of carbonyl (C=O) groups is 3. The highest BCUT2D eigenvalue weighted by Gasteiger charge is 2.56. The van der Waals surface area contributed by atoms with Gasteiger partial charge < -0.3 is 9.80 Å². The van der Waals surface area contributed by atoms with Crippen molar-refractivity contribution in [1.29, 1.82) is 0 Å². The fourth-order valence-corrected chi connectivity index (χ4v) is 6.02. The first kappa shape index (κ1) is 23.5. The smallest absolute Gasteiger partial charge is 0.327 e. The molecule has 0 atom stereocenters. The molecule has 2 aromatic carbocycles. The van der Waals surface area contributed by atoms with Crippen molar-refractivity contribution in [3.63, 3.8) is 0 Å². The number of urea groups is 1. The van der Waals surface area contributed by atoms with Gasteiger partial charge in [0.1, 0.15) is 12.1 Å². The molecule has 2 heterocycles. The molecule has 35 heavy (non-hydrogen) atoms. The Hall–Kier alpha value is -3.19. The lowest BCUT2D eigenvalue weighted by atomic mass is 9.81. The number of benzene rings is 2. The van der Waals surface area contributed by atoms with Gasteiger partial charge in [-0.3, -0.25) is 19.4 Å². The summed E-state index contributed by atoms with van der Waals surface area (Å²) >= 11 is 0. The predicted molar refractivity (Wildman–Crippen MR) is 134 cm³/mol. The van der Waals surface area contributed by atoms with Crippen molar-refractivity contribution in [1.82, 2.24) is 19.6 Å². The molecule has 4 amide bonds. The van der Waals surface area contributed by atoms with E-state index in [2.05, 4.69) is 53.4 Å². The Morgan fingerprint density at radius 2 is 1.37 bits per heavy atom. The van der Waals surface area contributed by atoms with E-state index in [0.29, 0.717) is 25.9 Å². The van der Waals surface area contributed by atoms with Crippen LogP contribution in [0.25, 0.3) is 0 Å². The van der Waals surface area contributed by atoms with Crippen molar-refractivity contribution in [2.75, 3.05) is 39.8 Å². The van der Waals surface area contributed by atoms with E-state index >= 15 is 0 Å². The Labute approximate surface area is 207 Å². The Kier molecular flexibility index (Phi) is 6.60. The first-order valence-electron chi connectivity index (χ1n) is 12.7. The molecule has 1 spiro atoms. The number of hydrogen-bond acceptors (Lipinski definition) is 4. The van der Waals surface area contributed by atoms with Crippen LogP contribution in [-0.4, -0.2) is 82.8 Å². The second kappa shape index (κ2) is 9.82. The molecule has 0 bridgehead atoms. The molecule has 0 N–H and O–H groups in total. The summed E-state index contributed by atoms with van der Waals surface area (Å²) < 4.78 is 0. The van der Waals surface area contributed by atoms with Crippen LogP contribution in [0.4, 0.5) is 4.79 Å². The van der Waals surface area contributed by atoms with Crippen molar-refractivity contribution in [3.05, 3.63) is 71.8 Å². The maximum atomic E-state index is 13.3. The van der Waals surface area contributed by atoms with Crippen molar-refractivity contribution >= 4 is 17.8 Å². The third-order valence-corrected chi connectivity index (χ3v) is 8.04. The quantitative estimate of drug-likeness (QED) is 0.622. The molecule has 1 saturated carbocycles. The summed E-state index contributed by atoms with van der Waals surface area (Å²) in [6.45, 7) is 2.45. The highest BCUT2D eigenvalue weighted by atomic mass is 16.2. The van der Waals surface area contributed by atoms with Crippen LogP contribution in [0.15, 0.2) is 60.7 Å². The minimum atomic E-state index is -0.743. The maximum absolute atomic E-state index is 13.3. The lowest BCUT2D eigenvalue weighted by molar-refractivity contribution is -0.141. The average molecular weight is 475 g/mol. The minimum Gasteiger partial charge on any atom is -0.339 e. The van der Waals surface area contributed by atoms with Crippen molar-refractivity contribution in [2.45, 2.75) is 43.7 Å². The zero-order chi connectivity index (χ0) is 24.4. The molecule has 3 fully saturated rings. The number of imide groups is 1. The highest BCUT2D eigenvalue weighted by molar-refractivity contribution is 6.08. The van der Waals surface area contributed by atoms with Gasteiger partial charge in [-0.15, -0.1) is 0 Å². The summed E-state index contributed by atoms with van der Waals surface area (Å²) in [7, 11) is 1.71. The number of hydrogen-bond donors (Lipinski definition) is 0. The summed E-state index contributed by atoms with van der Waals surface area (Å²) in [6.07, 6.45) is 4.36. The van der Waals surface area contributed by atoms with Gasteiger partial charge in [-0.1, -0.05) is 79.9 Å². The van der Waals surface area contributed by atoms with E-state index in [4.69, 9.17) is 0 Å². The Bertz CT molecular complexity index is 1020. The van der Waals surface area contributed by atoms with Gasteiger partial charge in [0.15, 0.2) is 0 Å². The fourth-order valence-electron chi connectivity index (χ4n) is 6.02. The molecule has 7 nitrogen and oxygen atoms in total. The Morgan fingerprint density at radius 1 is 0.829 bits per heavy atom. The van der Waals surface area contributed by atoms with Crippen molar-refractivity contribution < 1.29 is 14.4 Å². The van der Waals surface area contributed by atoms with Gasteiger partial charge >= 0.3 is 6.03 Å². The SMILES string of the molecule is CN1C(=O)N(CC(=O)N2CCN(C(c3ccccc3)c3ccccc3)CC2)C(=O)C12CCCCC2. The Balaban J connectivity index is 1.25. The second-order valence-electron chi connectivity index (χ2n) is 9.97. The van der Waals surface area contributed by atoms with Crippen molar-refractivity contribution in [3.8, 4) is 0 Å². The van der Waals surface area contributed by atoms with Gasteiger partial charge in [-0.05, 0) is 24.0 Å². The minimum absolute atomic E-state index is 0.121. The van der Waals surface area contributed by atoms with Crippen molar-refractivity contribution in [2.24, 2.45) is 0 Å². The number of piperazine rings is 1. The predicted octanol–water partition coefficient (Wildman–Crippen LogP) is 3.52. The fraction of sp³-hybridized carbons (Fsp3) is 0.464. The van der Waals surface area contributed by atoms with Crippen LogP contribution in [0.3, 0.4) is 0 Å². The molecule has 0 aromatic heterocycles. The molecule has 0 unspecified atom stereocenters. The van der Waals surface area contributed by atoms with E-state index in [1.165, 1.54) is 16.0 Å². The number of likely N-dealkylation sites (N-methyl/N-ethyl adjacent to an activating group) is 1. The number of nitrogens with zero attached hydrogens (tertiary/aromatic N) is 4. The lowest BCUT2D eigenvalue weighted by Crippen LogP contribution is -2.53. The summed E-state index contributed by atoms with van der Waals surface area (Å²) in [5.41, 5.74) is 1.72. The first-order chi connectivity index (χ1) is 17.0. The molecular formula is C28H34N4O3. The third kappa shape index (κ3) is 4.33. The number of amides is 4. The molecule has 7 heteroatoms. The summed E-state index contributed by atoms with van der Waals surface area (Å²) in [5, 5.41) is 0. The first-order valence-corrected chi connectivity index (χ1v) is 12.7. The van der Waals surface area contributed by atoms with E-state index in [9.17, 15) is 14.4 Å². The van der Waals surface area contributed by atoms with Crippen LogP contribution in [0.1, 0.15) is 49.3 Å². The standard InChI is InChI=1S/C28H34N4O3/c1-29-27(35)32(26(34)28(29)15-9-4-10-16-28)21-24(33)30-17-19-31(20-18-30)25(22-11-5-2-6-12-22)23-13-7-3-8-14-23/h2-3,5-8,11-14,25H,4,9-10,15-21H2,1H3.